The summed E-state index contributed by atoms with van der Waals surface area (Å²) in [4.78, 5) is 28.8. The molecule has 0 aliphatic carbocycles. The van der Waals surface area contributed by atoms with E-state index in [1.165, 1.54) is 12.1 Å². The number of fused-ring (bicyclic) bond motifs is 1. The molecule has 3 aromatic rings. The van der Waals surface area contributed by atoms with Gasteiger partial charge in [0.15, 0.2) is 5.69 Å². The summed E-state index contributed by atoms with van der Waals surface area (Å²) in [6.07, 6.45) is 0. The zero-order valence-electron chi connectivity index (χ0n) is 15.4. The molecule has 0 atom stereocenters. The molecule has 0 bridgehead atoms. The number of hydrogen-bond donors (Lipinski definition) is 0. The van der Waals surface area contributed by atoms with E-state index < -0.39 is 21.9 Å². The topological polar surface area (TPSA) is 107 Å². The fraction of sp³-hybridized carbons (Fsp3) is 0.150. The number of oxazole rings is 1. The lowest BCUT2D eigenvalue weighted by Gasteiger charge is -2.14. The molecule has 2 aromatic carbocycles. The van der Waals surface area contributed by atoms with Crippen molar-refractivity contribution in [3.63, 3.8) is 0 Å². The summed E-state index contributed by atoms with van der Waals surface area (Å²) >= 11 is 0. The molecule has 1 amide bonds. The van der Waals surface area contributed by atoms with Crippen LogP contribution in [0.4, 0.5) is 0 Å². The highest BCUT2D eigenvalue weighted by molar-refractivity contribution is 7.90. The Bertz CT molecular complexity index is 1200. The van der Waals surface area contributed by atoms with E-state index in [1.54, 1.807) is 31.2 Å². The molecule has 4 rings (SSSR count). The van der Waals surface area contributed by atoms with Crippen molar-refractivity contribution in [3.05, 3.63) is 71.6 Å². The van der Waals surface area contributed by atoms with Gasteiger partial charge in [0.2, 0.25) is 5.89 Å². The fourth-order valence-electron chi connectivity index (χ4n) is 3.03. The SMILES string of the molecule is Cc1oc(-c2ccccc2)nc1C(=O)OCCN1C(=O)c2ccccc2S1(=O)=O. The largest absolute Gasteiger partial charge is 0.459 e. The van der Waals surface area contributed by atoms with Crippen molar-refractivity contribution in [2.24, 2.45) is 0 Å². The lowest BCUT2D eigenvalue weighted by molar-refractivity contribution is 0.0470. The summed E-state index contributed by atoms with van der Waals surface area (Å²) in [5, 5.41) is 0. The molecule has 1 aliphatic rings. The fourth-order valence-corrected chi connectivity index (χ4v) is 4.58. The summed E-state index contributed by atoms with van der Waals surface area (Å²) in [7, 11) is -3.94. The van der Waals surface area contributed by atoms with Crippen molar-refractivity contribution in [3.8, 4) is 11.5 Å². The number of rotatable bonds is 5. The molecule has 29 heavy (non-hydrogen) atoms. The van der Waals surface area contributed by atoms with Gasteiger partial charge in [0.1, 0.15) is 17.3 Å². The van der Waals surface area contributed by atoms with E-state index in [0.717, 1.165) is 0 Å². The Labute approximate surface area is 166 Å². The molecule has 9 heteroatoms. The molecular weight excluding hydrogens is 396 g/mol. The highest BCUT2D eigenvalue weighted by Gasteiger charge is 2.40. The first-order chi connectivity index (χ1) is 13.9. The second kappa shape index (κ2) is 7.17. The van der Waals surface area contributed by atoms with Gasteiger partial charge in [0.05, 0.1) is 12.1 Å². The minimum atomic E-state index is -3.94. The molecule has 0 saturated heterocycles. The van der Waals surface area contributed by atoms with Crippen LogP contribution in [0, 0.1) is 6.92 Å². The highest BCUT2D eigenvalue weighted by Crippen LogP contribution is 2.29. The van der Waals surface area contributed by atoms with Crippen molar-refractivity contribution >= 4 is 21.9 Å². The molecule has 0 fully saturated rings. The summed E-state index contributed by atoms with van der Waals surface area (Å²) < 4.78 is 36.4. The van der Waals surface area contributed by atoms with Crippen molar-refractivity contribution in [2.45, 2.75) is 11.8 Å². The molecule has 0 radical (unpaired) electrons. The third kappa shape index (κ3) is 3.29. The molecule has 1 aromatic heterocycles. The van der Waals surface area contributed by atoms with E-state index in [1.807, 2.05) is 18.2 Å². The molecule has 8 nitrogen and oxygen atoms in total. The first kappa shape index (κ1) is 18.9. The van der Waals surface area contributed by atoms with Gasteiger partial charge in [-0.25, -0.2) is 22.5 Å². The number of esters is 1. The summed E-state index contributed by atoms with van der Waals surface area (Å²) in [6.45, 7) is 0.996. The predicted molar refractivity (Wildman–Crippen MR) is 102 cm³/mol. The van der Waals surface area contributed by atoms with Crippen LogP contribution in [-0.4, -0.2) is 42.7 Å². The third-order valence-corrected chi connectivity index (χ3v) is 6.29. The number of hydrogen-bond acceptors (Lipinski definition) is 7. The summed E-state index contributed by atoms with van der Waals surface area (Å²) in [6, 6.07) is 15.0. The molecule has 148 valence electrons. The van der Waals surface area contributed by atoms with Crippen LogP contribution < -0.4 is 0 Å². The van der Waals surface area contributed by atoms with Crippen molar-refractivity contribution in [1.82, 2.24) is 9.29 Å². The Hall–Kier alpha value is -3.46. The molecule has 2 heterocycles. The number of aromatic nitrogens is 1. The Balaban J connectivity index is 1.44. The zero-order valence-corrected chi connectivity index (χ0v) is 16.2. The first-order valence-corrected chi connectivity index (χ1v) is 10.2. The van der Waals surface area contributed by atoms with Gasteiger partial charge < -0.3 is 9.15 Å². The number of nitrogens with zero attached hydrogens (tertiary/aromatic N) is 2. The standard InChI is InChI=1S/C20H16N2O6S/c1-13-17(21-18(28-13)14-7-3-2-4-8-14)20(24)27-12-11-22-19(23)15-9-5-6-10-16(15)29(22,25)26/h2-10H,11-12H2,1H3. The van der Waals surface area contributed by atoms with Crippen LogP contribution in [0.1, 0.15) is 26.6 Å². The predicted octanol–water partition coefficient (Wildman–Crippen LogP) is 2.65. The molecule has 0 saturated carbocycles. The summed E-state index contributed by atoms with van der Waals surface area (Å²) in [5.41, 5.74) is 0.822. The van der Waals surface area contributed by atoms with E-state index in [-0.39, 0.29) is 41.0 Å². The third-order valence-electron chi connectivity index (χ3n) is 4.45. The van der Waals surface area contributed by atoms with Crippen LogP contribution in [0.2, 0.25) is 0 Å². The van der Waals surface area contributed by atoms with Crippen LogP contribution in [-0.2, 0) is 14.8 Å². The average molecular weight is 412 g/mol. The van der Waals surface area contributed by atoms with Gasteiger partial charge in [0, 0.05) is 5.56 Å². The maximum absolute atomic E-state index is 12.5. The number of carbonyl (C=O) groups excluding carboxylic acids is 2. The average Bonchev–Trinajstić information content (AvgIpc) is 3.20. The van der Waals surface area contributed by atoms with Crippen LogP contribution in [0.3, 0.4) is 0 Å². The normalized spacial score (nSPS) is 14.7. The smallest absolute Gasteiger partial charge is 0.360 e. The van der Waals surface area contributed by atoms with E-state index in [2.05, 4.69) is 4.98 Å². The molecule has 1 aliphatic heterocycles. The van der Waals surface area contributed by atoms with Crippen LogP contribution in [0.5, 0.6) is 0 Å². The van der Waals surface area contributed by atoms with Gasteiger partial charge in [-0.1, -0.05) is 30.3 Å². The van der Waals surface area contributed by atoms with Crippen molar-refractivity contribution in [2.75, 3.05) is 13.2 Å². The van der Waals surface area contributed by atoms with E-state index >= 15 is 0 Å². The monoisotopic (exact) mass is 412 g/mol. The van der Waals surface area contributed by atoms with Gasteiger partial charge in [-0.15, -0.1) is 0 Å². The maximum Gasteiger partial charge on any atom is 0.360 e. The number of aryl methyl sites for hydroxylation is 1. The number of benzene rings is 2. The molecular formula is C20H16N2O6S. The number of amides is 1. The van der Waals surface area contributed by atoms with Gasteiger partial charge in [0.25, 0.3) is 15.9 Å². The second-order valence-corrected chi connectivity index (χ2v) is 8.13. The van der Waals surface area contributed by atoms with E-state index in [4.69, 9.17) is 9.15 Å². The van der Waals surface area contributed by atoms with E-state index in [9.17, 15) is 18.0 Å². The van der Waals surface area contributed by atoms with Gasteiger partial charge in [-0.2, -0.15) is 0 Å². The molecule has 0 N–H and O–H groups in total. The Morgan fingerprint density at radius 3 is 2.52 bits per heavy atom. The van der Waals surface area contributed by atoms with Gasteiger partial charge in [-0.3, -0.25) is 4.79 Å². The van der Waals surface area contributed by atoms with Crippen LogP contribution in [0.15, 0.2) is 63.9 Å². The Morgan fingerprint density at radius 1 is 1.10 bits per heavy atom. The van der Waals surface area contributed by atoms with Gasteiger partial charge >= 0.3 is 5.97 Å². The van der Waals surface area contributed by atoms with Crippen LogP contribution >= 0.6 is 0 Å². The first-order valence-electron chi connectivity index (χ1n) is 8.75. The number of carbonyl (C=O) groups is 2. The van der Waals surface area contributed by atoms with Crippen molar-refractivity contribution < 1.29 is 27.2 Å². The minimum absolute atomic E-state index is 0.00254. The zero-order chi connectivity index (χ0) is 20.6. The van der Waals surface area contributed by atoms with Crippen molar-refractivity contribution in [1.29, 1.82) is 0 Å². The number of sulfonamides is 1. The Kier molecular flexibility index (Phi) is 4.67. The van der Waals surface area contributed by atoms with Crippen LogP contribution in [0.25, 0.3) is 11.5 Å². The van der Waals surface area contributed by atoms with E-state index in [0.29, 0.717) is 9.87 Å². The number of ether oxygens (including phenoxy) is 1. The molecule has 0 unspecified atom stereocenters. The minimum Gasteiger partial charge on any atom is -0.459 e. The lowest BCUT2D eigenvalue weighted by atomic mass is 10.2. The molecule has 0 spiro atoms. The quantitative estimate of drug-likeness (QED) is 0.593. The highest BCUT2D eigenvalue weighted by atomic mass is 32.2. The second-order valence-electron chi connectivity index (χ2n) is 6.30. The maximum atomic E-state index is 12.5. The van der Waals surface area contributed by atoms with Gasteiger partial charge in [-0.05, 0) is 31.2 Å². The lowest BCUT2D eigenvalue weighted by Crippen LogP contribution is -2.33. The summed E-state index contributed by atoms with van der Waals surface area (Å²) in [5.74, 6) is -0.829. The Morgan fingerprint density at radius 2 is 1.79 bits per heavy atom.